The maximum Gasteiger partial charge on any atom is 0.333 e. The highest BCUT2D eigenvalue weighted by Crippen LogP contribution is 1.98. The van der Waals surface area contributed by atoms with Gasteiger partial charge in [-0.25, -0.2) is 4.79 Å². The highest BCUT2D eigenvalue weighted by Gasteiger charge is 2.12. The van der Waals surface area contributed by atoms with Crippen molar-refractivity contribution in [3.05, 3.63) is 0 Å². The number of hydrogen-bond donors (Lipinski definition) is 0. The van der Waals surface area contributed by atoms with Gasteiger partial charge in [0.25, 0.3) is 5.91 Å². The Morgan fingerprint density at radius 2 is 1.94 bits per heavy atom. The lowest BCUT2D eigenvalue weighted by Crippen LogP contribution is -2.29. The molecule has 5 heteroatoms. The smallest absolute Gasteiger partial charge is 0.333 e. The fraction of sp³-hybridized carbons (Fsp3) is 0.545. The largest absolute Gasteiger partial charge is 0.338 e. The maximum atomic E-state index is 11.2. The highest BCUT2D eigenvalue weighted by atomic mass is 16.7. The lowest BCUT2D eigenvalue weighted by molar-refractivity contribution is -0.192. The molecule has 0 saturated heterocycles. The maximum absolute atomic E-state index is 11.2. The summed E-state index contributed by atoms with van der Waals surface area (Å²) in [5, 5.41) is 0.961. The predicted molar refractivity (Wildman–Crippen MR) is 59.0 cm³/mol. The molecule has 0 fully saturated rings. The Labute approximate surface area is 95.7 Å². The summed E-state index contributed by atoms with van der Waals surface area (Å²) in [6, 6.07) is 0. The van der Waals surface area contributed by atoms with Crippen LogP contribution in [0.1, 0.15) is 32.6 Å². The summed E-state index contributed by atoms with van der Waals surface area (Å²) in [5.74, 6) is 1.64. The van der Waals surface area contributed by atoms with Crippen LogP contribution in [0.15, 0.2) is 0 Å². The van der Waals surface area contributed by atoms with Gasteiger partial charge in [-0.05, 0) is 6.42 Å². The number of amides is 1. The Morgan fingerprint density at radius 1 is 1.38 bits per heavy atom. The SMILES string of the molecule is C#CCCC(=O)ON(C)C(=O)CCC.C=O. The Kier molecular flexibility index (Phi) is 11.7. The molecule has 0 rings (SSSR count). The second-order valence-corrected chi connectivity index (χ2v) is 2.81. The van der Waals surface area contributed by atoms with E-state index in [1.807, 2.05) is 13.7 Å². The van der Waals surface area contributed by atoms with Crippen molar-refractivity contribution < 1.29 is 19.2 Å². The number of rotatable bonds is 4. The molecule has 0 aromatic heterocycles. The molecule has 0 atom stereocenters. The number of terminal acetylenes is 1. The molecule has 0 aliphatic carbocycles. The molecule has 0 aliphatic heterocycles. The summed E-state index contributed by atoms with van der Waals surface area (Å²) < 4.78 is 0. The van der Waals surface area contributed by atoms with E-state index in [9.17, 15) is 9.59 Å². The van der Waals surface area contributed by atoms with Gasteiger partial charge in [-0.1, -0.05) is 6.92 Å². The van der Waals surface area contributed by atoms with Crippen molar-refractivity contribution in [1.82, 2.24) is 5.06 Å². The van der Waals surface area contributed by atoms with Gasteiger partial charge < -0.3 is 9.63 Å². The minimum Gasteiger partial charge on any atom is -0.338 e. The number of carbonyl (C=O) groups excluding carboxylic acids is 3. The van der Waals surface area contributed by atoms with Gasteiger partial charge in [0.1, 0.15) is 6.79 Å². The summed E-state index contributed by atoms with van der Waals surface area (Å²) in [7, 11) is 1.42. The van der Waals surface area contributed by atoms with Crippen LogP contribution in [0, 0.1) is 12.3 Å². The molecular weight excluding hydrogens is 210 g/mol. The van der Waals surface area contributed by atoms with Gasteiger partial charge >= 0.3 is 5.97 Å². The van der Waals surface area contributed by atoms with Crippen LogP contribution in [0.3, 0.4) is 0 Å². The van der Waals surface area contributed by atoms with Crippen LogP contribution >= 0.6 is 0 Å². The topological polar surface area (TPSA) is 63.7 Å². The van der Waals surface area contributed by atoms with Crippen molar-refractivity contribution in [2.45, 2.75) is 32.6 Å². The Hall–Kier alpha value is -1.83. The second-order valence-electron chi connectivity index (χ2n) is 2.81. The first kappa shape index (κ1) is 16.6. The Morgan fingerprint density at radius 3 is 2.38 bits per heavy atom. The lowest BCUT2D eigenvalue weighted by Gasteiger charge is -2.15. The molecule has 0 aromatic rings. The molecular formula is C11H17NO4. The third-order valence-corrected chi connectivity index (χ3v) is 1.53. The average Bonchev–Trinajstić information content (AvgIpc) is 2.29. The minimum atomic E-state index is -0.477. The van der Waals surface area contributed by atoms with E-state index in [1.54, 1.807) is 0 Å². The van der Waals surface area contributed by atoms with Crippen molar-refractivity contribution in [2.75, 3.05) is 7.05 Å². The molecule has 90 valence electrons. The van der Waals surface area contributed by atoms with Crippen molar-refractivity contribution >= 4 is 18.7 Å². The Balaban J connectivity index is 0. The van der Waals surface area contributed by atoms with E-state index in [4.69, 9.17) is 16.1 Å². The molecule has 0 unspecified atom stereocenters. The van der Waals surface area contributed by atoms with Crippen LogP contribution in [0.25, 0.3) is 0 Å². The van der Waals surface area contributed by atoms with Crippen LogP contribution < -0.4 is 0 Å². The van der Waals surface area contributed by atoms with Gasteiger partial charge in [-0.2, -0.15) is 5.06 Å². The Bertz CT molecular complexity index is 257. The fourth-order valence-corrected chi connectivity index (χ4v) is 0.795. The molecule has 0 bridgehead atoms. The molecule has 0 radical (unpaired) electrons. The van der Waals surface area contributed by atoms with Gasteiger partial charge in [0.15, 0.2) is 0 Å². The zero-order chi connectivity index (χ0) is 13.0. The zero-order valence-corrected chi connectivity index (χ0v) is 9.69. The summed E-state index contributed by atoms with van der Waals surface area (Å²) in [4.78, 5) is 34.9. The van der Waals surface area contributed by atoms with Crippen molar-refractivity contribution in [3.8, 4) is 12.3 Å². The first-order chi connectivity index (χ1) is 7.61. The van der Waals surface area contributed by atoms with Crippen LogP contribution in [-0.4, -0.2) is 30.8 Å². The van der Waals surface area contributed by atoms with Gasteiger partial charge in [0, 0.05) is 19.9 Å². The molecule has 5 nitrogen and oxygen atoms in total. The molecule has 0 saturated carbocycles. The molecule has 0 aliphatic rings. The van der Waals surface area contributed by atoms with E-state index < -0.39 is 5.97 Å². The van der Waals surface area contributed by atoms with Crippen LogP contribution in [0.4, 0.5) is 0 Å². The molecule has 0 aromatic carbocycles. The minimum absolute atomic E-state index is 0.139. The van der Waals surface area contributed by atoms with Crippen LogP contribution in [-0.2, 0) is 19.2 Å². The standard InChI is InChI=1S/C10H15NO3.CH2O/c1-4-6-8-10(13)14-11(3)9(12)7-5-2;1-2/h1H,5-8H2,2-3H3;1H2. The van der Waals surface area contributed by atoms with Crippen LogP contribution in [0.2, 0.25) is 0 Å². The van der Waals surface area contributed by atoms with E-state index in [1.165, 1.54) is 7.05 Å². The summed E-state index contributed by atoms with van der Waals surface area (Å²) in [6.45, 7) is 3.88. The van der Waals surface area contributed by atoms with E-state index >= 15 is 0 Å². The first-order valence-corrected chi connectivity index (χ1v) is 4.81. The number of carbonyl (C=O) groups is 3. The summed E-state index contributed by atoms with van der Waals surface area (Å²) in [6.07, 6.45) is 6.55. The second kappa shape index (κ2) is 11.2. The molecule has 16 heavy (non-hydrogen) atoms. The monoisotopic (exact) mass is 227 g/mol. The molecule has 1 amide bonds. The van der Waals surface area contributed by atoms with Gasteiger partial charge in [0.05, 0.1) is 6.42 Å². The zero-order valence-electron chi connectivity index (χ0n) is 9.69. The van der Waals surface area contributed by atoms with Gasteiger partial charge in [0.2, 0.25) is 0 Å². The lowest BCUT2D eigenvalue weighted by atomic mass is 10.3. The van der Waals surface area contributed by atoms with E-state index in [-0.39, 0.29) is 12.3 Å². The van der Waals surface area contributed by atoms with Crippen molar-refractivity contribution in [1.29, 1.82) is 0 Å². The number of nitrogens with zero attached hydrogens (tertiary/aromatic N) is 1. The molecule has 0 spiro atoms. The fourth-order valence-electron chi connectivity index (χ4n) is 0.795. The van der Waals surface area contributed by atoms with Gasteiger partial charge in [-0.15, -0.1) is 12.3 Å². The molecule has 0 N–H and O–H groups in total. The summed E-state index contributed by atoms with van der Waals surface area (Å²) >= 11 is 0. The van der Waals surface area contributed by atoms with Crippen LogP contribution in [0.5, 0.6) is 0 Å². The number of hydrogen-bond acceptors (Lipinski definition) is 4. The van der Waals surface area contributed by atoms with E-state index in [2.05, 4.69) is 5.92 Å². The normalized spacial score (nSPS) is 8.06. The van der Waals surface area contributed by atoms with Gasteiger partial charge in [-0.3, -0.25) is 4.79 Å². The first-order valence-electron chi connectivity index (χ1n) is 4.81. The third kappa shape index (κ3) is 8.75. The molecule has 0 heterocycles. The number of hydroxylamine groups is 2. The van der Waals surface area contributed by atoms with E-state index in [0.717, 1.165) is 11.5 Å². The van der Waals surface area contributed by atoms with E-state index in [0.29, 0.717) is 12.8 Å². The third-order valence-electron chi connectivity index (χ3n) is 1.53. The van der Waals surface area contributed by atoms with Crippen molar-refractivity contribution in [3.63, 3.8) is 0 Å². The predicted octanol–water partition coefficient (Wildman–Crippen LogP) is 0.932. The average molecular weight is 227 g/mol. The quantitative estimate of drug-likeness (QED) is 0.529. The van der Waals surface area contributed by atoms with Crippen molar-refractivity contribution in [2.24, 2.45) is 0 Å². The highest BCUT2D eigenvalue weighted by molar-refractivity contribution is 5.77. The summed E-state index contributed by atoms with van der Waals surface area (Å²) in [5.41, 5.74) is 0.